The molecule has 2 saturated heterocycles. The molecule has 0 radical (unpaired) electrons. The quantitative estimate of drug-likeness (QED) is 0.614. The van der Waals surface area contributed by atoms with Gasteiger partial charge in [0.05, 0.1) is 11.2 Å². The zero-order chi connectivity index (χ0) is 17.9. The van der Waals surface area contributed by atoms with Gasteiger partial charge in [-0.05, 0) is 47.0 Å². The predicted octanol–water partition coefficient (Wildman–Crippen LogP) is 1.73. The minimum absolute atomic E-state index is 0.0947. The molecule has 0 aliphatic carbocycles. The van der Waals surface area contributed by atoms with E-state index in [-0.39, 0.29) is 17.5 Å². The molecule has 2 fully saturated rings. The largest absolute Gasteiger partial charge is 0.498 e. The summed E-state index contributed by atoms with van der Waals surface area (Å²) < 4.78 is 24.9. The molecule has 2 aliphatic heterocycles. The van der Waals surface area contributed by atoms with E-state index in [4.69, 9.17) is 18.8 Å². The summed E-state index contributed by atoms with van der Waals surface area (Å²) in [4.78, 5) is 0. The molecular formula is C18H27BN2O4. The molecule has 0 spiro atoms. The van der Waals surface area contributed by atoms with Crippen LogP contribution in [0.2, 0.25) is 0 Å². The lowest BCUT2D eigenvalue weighted by molar-refractivity contribution is -0.154. The van der Waals surface area contributed by atoms with Crippen LogP contribution in [0, 0.1) is 11.8 Å². The molecule has 0 amide bonds. The van der Waals surface area contributed by atoms with E-state index in [9.17, 15) is 0 Å². The van der Waals surface area contributed by atoms with E-state index in [1.807, 2.05) is 33.9 Å². The van der Waals surface area contributed by atoms with E-state index in [1.54, 1.807) is 10.9 Å². The summed E-state index contributed by atoms with van der Waals surface area (Å²) in [5.74, 6) is 6.08. The zero-order valence-corrected chi connectivity index (χ0v) is 15.6. The number of aromatic nitrogens is 2. The third kappa shape index (κ3) is 4.45. The van der Waals surface area contributed by atoms with Crippen molar-refractivity contribution in [3.05, 3.63) is 12.4 Å². The van der Waals surface area contributed by atoms with Gasteiger partial charge < -0.3 is 18.8 Å². The van der Waals surface area contributed by atoms with Gasteiger partial charge in [0.25, 0.3) is 0 Å². The highest BCUT2D eigenvalue weighted by Gasteiger charge is 2.52. The fourth-order valence-electron chi connectivity index (χ4n) is 2.73. The molecular weight excluding hydrogens is 319 g/mol. The molecule has 1 atom stereocenters. The average molecular weight is 346 g/mol. The van der Waals surface area contributed by atoms with Crippen molar-refractivity contribution >= 4 is 12.6 Å². The van der Waals surface area contributed by atoms with Crippen LogP contribution in [-0.2, 0) is 25.3 Å². The SMILES string of the molecule is CC1(C)OB(c2cnn(CC#CCOC3CCCCO3)c2)OC1(C)C. The molecule has 1 aromatic rings. The van der Waals surface area contributed by atoms with Crippen LogP contribution in [0.15, 0.2) is 12.4 Å². The fourth-order valence-corrected chi connectivity index (χ4v) is 2.73. The first-order valence-electron chi connectivity index (χ1n) is 8.94. The van der Waals surface area contributed by atoms with E-state index in [1.165, 1.54) is 0 Å². The Balaban J connectivity index is 1.47. The topological polar surface area (TPSA) is 54.7 Å². The van der Waals surface area contributed by atoms with Crippen LogP contribution in [0.4, 0.5) is 0 Å². The third-order valence-corrected chi connectivity index (χ3v) is 5.02. The predicted molar refractivity (Wildman–Crippen MR) is 95.3 cm³/mol. The molecule has 6 nitrogen and oxygen atoms in total. The Kier molecular flexibility index (Phi) is 5.54. The lowest BCUT2D eigenvalue weighted by Gasteiger charge is -2.32. The molecule has 3 heterocycles. The lowest BCUT2D eigenvalue weighted by Crippen LogP contribution is -2.41. The molecule has 2 aliphatic rings. The average Bonchev–Trinajstić information content (AvgIpc) is 3.11. The van der Waals surface area contributed by atoms with E-state index in [2.05, 4.69) is 16.9 Å². The van der Waals surface area contributed by atoms with Gasteiger partial charge in [0.1, 0.15) is 13.2 Å². The molecule has 0 bridgehead atoms. The molecule has 1 aromatic heterocycles. The Morgan fingerprint density at radius 3 is 2.68 bits per heavy atom. The van der Waals surface area contributed by atoms with Gasteiger partial charge in [-0.2, -0.15) is 5.10 Å². The van der Waals surface area contributed by atoms with Crippen LogP contribution in [0.3, 0.4) is 0 Å². The minimum atomic E-state index is -0.390. The molecule has 25 heavy (non-hydrogen) atoms. The van der Waals surface area contributed by atoms with Crippen molar-refractivity contribution in [2.75, 3.05) is 13.2 Å². The summed E-state index contributed by atoms with van der Waals surface area (Å²) in [6.07, 6.45) is 6.84. The van der Waals surface area contributed by atoms with E-state index in [0.29, 0.717) is 13.2 Å². The Morgan fingerprint density at radius 2 is 2.00 bits per heavy atom. The van der Waals surface area contributed by atoms with Crippen LogP contribution >= 0.6 is 0 Å². The monoisotopic (exact) mass is 346 g/mol. The number of ether oxygens (including phenoxy) is 2. The van der Waals surface area contributed by atoms with Gasteiger partial charge in [-0.25, -0.2) is 0 Å². The van der Waals surface area contributed by atoms with Crippen molar-refractivity contribution in [3.8, 4) is 11.8 Å². The van der Waals surface area contributed by atoms with E-state index in [0.717, 1.165) is 31.3 Å². The summed E-state index contributed by atoms with van der Waals surface area (Å²) in [7, 11) is -0.390. The summed E-state index contributed by atoms with van der Waals surface area (Å²) in [6.45, 7) is 9.84. The summed E-state index contributed by atoms with van der Waals surface area (Å²) in [6, 6.07) is 0. The third-order valence-electron chi connectivity index (χ3n) is 5.02. The summed E-state index contributed by atoms with van der Waals surface area (Å²) in [5, 5.41) is 4.33. The smallest absolute Gasteiger partial charge is 0.399 e. The van der Waals surface area contributed by atoms with Gasteiger partial charge in [0.15, 0.2) is 6.29 Å². The van der Waals surface area contributed by atoms with Gasteiger partial charge in [0.2, 0.25) is 0 Å². The molecule has 0 N–H and O–H groups in total. The van der Waals surface area contributed by atoms with E-state index >= 15 is 0 Å². The fraction of sp³-hybridized carbons (Fsp3) is 0.722. The maximum Gasteiger partial charge on any atom is 0.498 e. The van der Waals surface area contributed by atoms with Crippen LogP contribution in [0.1, 0.15) is 47.0 Å². The number of hydrogen-bond donors (Lipinski definition) is 0. The first-order valence-corrected chi connectivity index (χ1v) is 8.94. The van der Waals surface area contributed by atoms with Gasteiger partial charge >= 0.3 is 7.12 Å². The first kappa shape index (κ1) is 18.5. The highest BCUT2D eigenvalue weighted by atomic mass is 16.7. The van der Waals surface area contributed by atoms with Crippen LogP contribution < -0.4 is 5.46 Å². The molecule has 0 saturated carbocycles. The zero-order valence-electron chi connectivity index (χ0n) is 15.6. The van der Waals surface area contributed by atoms with Gasteiger partial charge in [-0.3, -0.25) is 4.68 Å². The number of rotatable bonds is 4. The van der Waals surface area contributed by atoms with Crippen molar-refractivity contribution in [2.45, 2.75) is 71.0 Å². The Bertz CT molecular complexity index is 625. The maximum absolute atomic E-state index is 6.03. The first-order chi connectivity index (χ1) is 11.9. The van der Waals surface area contributed by atoms with Crippen LogP contribution in [0.25, 0.3) is 0 Å². The highest BCUT2D eigenvalue weighted by molar-refractivity contribution is 6.61. The second kappa shape index (κ2) is 7.51. The number of hydrogen-bond acceptors (Lipinski definition) is 5. The van der Waals surface area contributed by atoms with E-state index < -0.39 is 7.12 Å². The minimum Gasteiger partial charge on any atom is -0.399 e. The molecule has 0 aromatic carbocycles. The van der Waals surface area contributed by atoms with Crippen molar-refractivity contribution in [1.29, 1.82) is 0 Å². The highest BCUT2D eigenvalue weighted by Crippen LogP contribution is 2.36. The maximum atomic E-state index is 6.03. The normalized spacial score (nSPS) is 24.8. The van der Waals surface area contributed by atoms with Crippen molar-refractivity contribution in [2.24, 2.45) is 0 Å². The van der Waals surface area contributed by atoms with Crippen molar-refractivity contribution in [3.63, 3.8) is 0 Å². The van der Waals surface area contributed by atoms with Crippen molar-refractivity contribution in [1.82, 2.24) is 9.78 Å². The summed E-state index contributed by atoms with van der Waals surface area (Å²) >= 11 is 0. The Labute approximate surface area is 150 Å². The van der Waals surface area contributed by atoms with Gasteiger partial charge in [-0.15, -0.1) is 0 Å². The van der Waals surface area contributed by atoms with Crippen LogP contribution in [0.5, 0.6) is 0 Å². The lowest BCUT2D eigenvalue weighted by atomic mass is 9.82. The van der Waals surface area contributed by atoms with Crippen molar-refractivity contribution < 1.29 is 18.8 Å². The second-order valence-electron chi connectivity index (χ2n) is 7.52. The molecule has 3 rings (SSSR count). The molecule has 1 unspecified atom stereocenters. The second-order valence-corrected chi connectivity index (χ2v) is 7.52. The Morgan fingerprint density at radius 1 is 1.24 bits per heavy atom. The van der Waals surface area contributed by atoms with Gasteiger partial charge in [0, 0.05) is 24.5 Å². The number of nitrogens with zero attached hydrogens (tertiary/aromatic N) is 2. The molecule has 136 valence electrons. The van der Waals surface area contributed by atoms with Crippen LogP contribution in [-0.4, -0.2) is 47.6 Å². The molecule has 7 heteroatoms. The van der Waals surface area contributed by atoms with Gasteiger partial charge in [-0.1, -0.05) is 11.8 Å². The standard InChI is InChI=1S/C18H27BN2O4/c1-17(2)18(3,4)25-19(24-17)15-13-20-21(14-15)10-6-8-12-23-16-9-5-7-11-22-16/h13-14,16H,5,7,9-12H2,1-4H3. The Hall–Kier alpha value is -1.33. The summed E-state index contributed by atoms with van der Waals surface area (Å²) in [5.41, 5.74) is 0.211.